The van der Waals surface area contributed by atoms with Gasteiger partial charge in [0.1, 0.15) is 0 Å². The second-order valence-corrected chi connectivity index (χ2v) is 16.4. The van der Waals surface area contributed by atoms with Crippen molar-refractivity contribution < 1.29 is 14.4 Å². The Morgan fingerprint density at radius 3 is 1.33 bits per heavy atom. The standard InChI is InChI=1S/2C18H19NO.C16H15NO/c1-12-10-14-7-5-9-16(17(14)18(12)20)13-6-4-8-15(11-13)19(2)3;1-12-11-14-5-4-6-16(17(14)18(12)20)13-7-9-15(10-8-13)19(2)3;1-10-9-11-5-4-7-13(15(11)16(10)18)12-6-2-3-8-14(12)17/h4-9,11-12H,10H2,1-3H3;4-10,12H,11H2,1-3H3;2-8,10H,9,17H2,1H3. The van der Waals surface area contributed by atoms with Gasteiger partial charge in [-0.25, -0.2) is 0 Å². The fourth-order valence-electron chi connectivity index (χ4n) is 8.53. The number of carbonyl (C=O) groups excluding carboxylic acids is 3. The smallest absolute Gasteiger partial charge is 0.166 e. The molecule has 0 saturated heterocycles. The van der Waals surface area contributed by atoms with E-state index in [1.807, 2.05) is 97.5 Å². The summed E-state index contributed by atoms with van der Waals surface area (Å²) in [6.45, 7) is 6.02. The van der Waals surface area contributed by atoms with E-state index in [0.717, 1.165) is 86.3 Å². The summed E-state index contributed by atoms with van der Waals surface area (Å²) in [6.07, 6.45) is 2.59. The van der Waals surface area contributed by atoms with E-state index < -0.39 is 0 Å². The van der Waals surface area contributed by atoms with Crippen LogP contribution >= 0.6 is 0 Å². The van der Waals surface area contributed by atoms with Crippen LogP contribution in [0.4, 0.5) is 17.1 Å². The number of rotatable bonds is 5. The van der Waals surface area contributed by atoms with Crippen molar-refractivity contribution in [3.8, 4) is 33.4 Å². The number of para-hydroxylation sites is 1. The van der Waals surface area contributed by atoms with Crippen molar-refractivity contribution in [2.24, 2.45) is 17.8 Å². The molecule has 0 aliphatic heterocycles. The fraction of sp³-hybridized carbons (Fsp3) is 0.250. The van der Waals surface area contributed by atoms with Crippen LogP contribution in [-0.4, -0.2) is 45.5 Å². The minimum absolute atomic E-state index is 0.0890. The summed E-state index contributed by atoms with van der Waals surface area (Å²) >= 11 is 0. The van der Waals surface area contributed by atoms with Gasteiger partial charge in [-0.2, -0.15) is 0 Å². The molecule has 0 saturated carbocycles. The lowest BCUT2D eigenvalue weighted by Crippen LogP contribution is -2.08. The van der Waals surface area contributed by atoms with E-state index in [1.165, 1.54) is 16.8 Å². The molecular formula is C52H53N3O3. The summed E-state index contributed by atoms with van der Waals surface area (Å²) in [5.41, 5.74) is 21.6. The van der Waals surface area contributed by atoms with Gasteiger partial charge in [-0.3, -0.25) is 14.4 Å². The van der Waals surface area contributed by atoms with E-state index >= 15 is 0 Å². The molecule has 6 nitrogen and oxygen atoms in total. The molecule has 0 bridgehead atoms. The van der Waals surface area contributed by atoms with Crippen molar-refractivity contribution in [3.05, 3.63) is 161 Å². The van der Waals surface area contributed by atoms with Gasteiger partial charge >= 0.3 is 0 Å². The highest BCUT2D eigenvalue weighted by Gasteiger charge is 2.31. The van der Waals surface area contributed by atoms with Gasteiger partial charge < -0.3 is 15.5 Å². The first-order valence-electron chi connectivity index (χ1n) is 20.2. The Morgan fingerprint density at radius 2 is 0.845 bits per heavy atom. The molecule has 0 aromatic heterocycles. The predicted octanol–water partition coefficient (Wildman–Crippen LogP) is 10.9. The highest BCUT2D eigenvalue weighted by Crippen LogP contribution is 2.39. The number of Topliss-reactive ketones (excluding diaryl/α,β-unsaturated/α-hetero) is 3. The quantitative estimate of drug-likeness (QED) is 0.176. The van der Waals surface area contributed by atoms with Gasteiger partial charge in [0.2, 0.25) is 0 Å². The molecule has 6 heteroatoms. The number of anilines is 3. The number of nitrogen functional groups attached to an aromatic ring is 1. The lowest BCUT2D eigenvalue weighted by Gasteiger charge is -2.15. The lowest BCUT2D eigenvalue weighted by atomic mass is 9.95. The van der Waals surface area contributed by atoms with Crippen LogP contribution in [0.2, 0.25) is 0 Å². The number of hydrogen-bond donors (Lipinski definition) is 1. The number of nitrogens with zero attached hydrogens (tertiary/aromatic N) is 2. The molecule has 0 radical (unpaired) electrons. The molecule has 6 aromatic carbocycles. The minimum atomic E-state index is 0.0890. The second-order valence-electron chi connectivity index (χ2n) is 16.4. The van der Waals surface area contributed by atoms with Crippen molar-refractivity contribution in [2.75, 3.05) is 43.7 Å². The van der Waals surface area contributed by atoms with E-state index in [2.05, 4.69) is 88.7 Å². The number of benzene rings is 6. The lowest BCUT2D eigenvalue weighted by molar-refractivity contribution is 0.0939. The molecule has 3 atom stereocenters. The van der Waals surface area contributed by atoms with Crippen LogP contribution in [0.5, 0.6) is 0 Å². The van der Waals surface area contributed by atoms with Crippen LogP contribution in [0.15, 0.2) is 127 Å². The second kappa shape index (κ2) is 16.7. The Balaban J connectivity index is 0.000000133. The molecule has 58 heavy (non-hydrogen) atoms. The van der Waals surface area contributed by atoms with E-state index in [4.69, 9.17) is 5.73 Å². The van der Waals surface area contributed by atoms with Crippen molar-refractivity contribution in [1.82, 2.24) is 0 Å². The number of hydrogen-bond acceptors (Lipinski definition) is 6. The maximum Gasteiger partial charge on any atom is 0.166 e. The summed E-state index contributed by atoms with van der Waals surface area (Å²) in [5.74, 6) is 1.13. The van der Waals surface area contributed by atoms with Gasteiger partial charge in [0.25, 0.3) is 0 Å². The summed E-state index contributed by atoms with van der Waals surface area (Å²) in [5, 5.41) is 0. The van der Waals surface area contributed by atoms with E-state index in [1.54, 1.807) is 0 Å². The van der Waals surface area contributed by atoms with Gasteiger partial charge in [-0.1, -0.05) is 118 Å². The minimum Gasteiger partial charge on any atom is -0.398 e. The average Bonchev–Trinajstić information content (AvgIpc) is 3.81. The average molecular weight is 768 g/mol. The number of fused-ring (bicyclic) bond motifs is 3. The third-order valence-electron chi connectivity index (χ3n) is 11.7. The van der Waals surface area contributed by atoms with Crippen molar-refractivity contribution in [3.63, 3.8) is 0 Å². The fourth-order valence-corrected chi connectivity index (χ4v) is 8.53. The molecule has 0 amide bonds. The van der Waals surface area contributed by atoms with Crippen LogP contribution in [-0.2, 0) is 19.3 Å². The Morgan fingerprint density at radius 1 is 0.431 bits per heavy atom. The molecule has 0 spiro atoms. The number of ketones is 3. The number of carbonyl (C=O) groups is 3. The Kier molecular flexibility index (Phi) is 11.5. The molecule has 3 unspecified atom stereocenters. The first-order chi connectivity index (χ1) is 27.8. The van der Waals surface area contributed by atoms with Crippen LogP contribution in [0.1, 0.15) is 68.5 Å². The molecule has 2 N–H and O–H groups in total. The monoisotopic (exact) mass is 767 g/mol. The maximum atomic E-state index is 12.4. The van der Waals surface area contributed by atoms with Crippen molar-refractivity contribution >= 4 is 34.4 Å². The molecule has 9 rings (SSSR count). The van der Waals surface area contributed by atoms with Crippen LogP contribution in [0.3, 0.4) is 0 Å². The zero-order valence-corrected chi connectivity index (χ0v) is 34.7. The van der Waals surface area contributed by atoms with Crippen molar-refractivity contribution in [1.29, 1.82) is 0 Å². The van der Waals surface area contributed by atoms with Crippen LogP contribution in [0.25, 0.3) is 33.4 Å². The van der Waals surface area contributed by atoms with Gasteiger partial charge in [0.05, 0.1) is 0 Å². The largest absolute Gasteiger partial charge is 0.398 e. The van der Waals surface area contributed by atoms with Crippen LogP contribution < -0.4 is 15.5 Å². The maximum absolute atomic E-state index is 12.4. The summed E-state index contributed by atoms with van der Waals surface area (Å²) in [7, 11) is 8.12. The molecule has 6 aromatic rings. The third-order valence-corrected chi connectivity index (χ3v) is 11.7. The molecule has 0 heterocycles. The van der Waals surface area contributed by atoms with E-state index in [0.29, 0.717) is 0 Å². The first-order valence-corrected chi connectivity index (χ1v) is 20.2. The number of nitrogens with two attached hydrogens (primary N) is 1. The Labute approximate surface area is 343 Å². The zero-order chi connectivity index (χ0) is 41.2. The zero-order valence-electron chi connectivity index (χ0n) is 34.7. The highest BCUT2D eigenvalue weighted by molar-refractivity contribution is 6.09. The first kappa shape index (κ1) is 39.9. The predicted molar refractivity (Wildman–Crippen MR) is 240 cm³/mol. The Bertz CT molecular complexity index is 2520. The summed E-state index contributed by atoms with van der Waals surface area (Å²) in [4.78, 5) is 41.2. The normalized spacial score (nSPS) is 17.4. The van der Waals surface area contributed by atoms with Crippen molar-refractivity contribution in [2.45, 2.75) is 40.0 Å². The molecule has 3 aliphatic carbocycles. The SMILES string of the molecule is CC1Cc2cccc(-c3ccc(N(C)C)cc3)c2C1=O.CC1Cc2cccc(-c3cccc(N(C)C)c3)c2C1=O.CC1Cc2cccc(-c3ccccc3N)c2C1=O. The van der Waals surface area contributed by atoms with E-state index in [-0.39, 0.29) is 35.1 Å². The van der Waals surface area contributed by atoms with Gasteiger partial charge in [0, 0.05) is 85.3 Å². The summed E-state index contributed by atoms with van der Waals surface area (Å²) < 4.78 is 0. The highest BCUT2D eigenvalue weighted by atomic mass is 16.1. The molecular weight excluding hydrogens is 715 g/mol. The summed E-state index contributed by atoms with van der Waals surface area (Å²) in [6, 6.07) is 42.9. The van der Waals surface area contributed by atoms with Crippen LogP contribution in [0, 0.1) is 17.8 Å². The Hall–Kier alpha value is -6.27. The topological polar surface area (TPSA) is 83.7 Å². The van der Waals surface area contributed by atoms with E-state index in [9.17, 15) is 14.4 Å². The molecule has 294 valence electrons. The van der Waals surface area contributed by atoms with Gasteiger partial charge in [0.15, 0.2) is 17.3 Å². The third kappa shape index (κ3) is 7.84. The molecule has 0 fully saturated rings. The van der Waals surface area contributed by atoms with Gasteiger partial charge in [-0.05, 0) is 94.1 Å². The molecule has 3 aliphatic rings. The van der Waals surface area contributed by atoms with Gasteiger partial charge in [-0.15, -0.1) is 0 Å².